The highest BCUT2D eigenvalue weighted by molar-refractivity contribution is 7.26. The number of hydrogen-bond donors (Lipinski definition) is 0. The first-order valence-corrected chi connectivity index (χ1v) is 19.8. The molecule has 0 aliphatic heterocycles. The summed E-state index contributed by atoms with van der Waals surface area (Å²) in [6, 6.07) is 67.7. The second-order valence-electron chi connectivity index (χ2n) is 14.7. The highest BCUT2D eigenvalue weighted by atomic mass is 32.1. The zero-order chi connectivity index (χ0) is 36.8. The molecule has 10 aromatic rings. The largest absolute Gasteiger partial charge is 0.208 e. The Balaban J connectivity index is 1.04. The van der Waals surface area contributed by atoms with Gasteiger partial charge in [0.25, 0.3) is 0 Å². The number of nitrogens with zero attached hydrogens (tertiary/aromatic N) is 3. The molecule has 0 N–H and O–H groups in total. The molecule has 0 radical (unpaired) electrons. The SMILES string of the molecule is c1ccc(-c2nc(-c3cccc(-c4cccc5c4sc4ccccc45)c3)nc(-c3ccc4c(c3)-c3ccccc3C43c4ccccc4-c4ccccc43)n2)cc1. The zero-order valence-corrected chi connectivity index (χ0v) is 31.0. The maximum Gasteiger partial charge on any atom is 0.164 e. The molecule has 2 aliphatic carbocycles. The van der Waals surface area contributed by atoms with E-state index in [-0.39, 0.29) is 0 Å². The number of rotatable bonds is 4. The fourth-order valence-corrected chi connectivity index (χ4v) is 10.6. The van der Waals surface area contributed by atoms with Gasteiger partial charge in [-0.1, -0.05) is 170 Å². The number of thiophene rings is 1. The van der Waals surface area contributed by atoms with Gasteiger partial charge in [-0.2, -0.15) is 0 Å². The smallest absolute Gasteiger partial charge is 0.164 e. The van der Waals surface area contributed by atoms with Crippen LogP contribution >= 0.6 is 11.3 Å². The van der Waals surface area contributed by atoms with Crippen molar-refractivity contribution in [3.63, 3.8) is 0 Å². The molecular formula is C52H31N3S. The monoisotopic (exact) mass is 729 g/mol. The van der Waals surface area contributed by atoms with Crippen LogP contribution in [0.4, 0.5) is 0 Å². The molecule has 0 saturated carbocycles. The predicted molar refractivity (Wildman–Crippen MR) is 231 cm³/mol. The highest BCUT2D eigenvalue weighted by Crippen LogP contribution is 2.62. The molecule has 0 unspecified atom stereocenters. The van der Waals surface area contributed by atoms with E-state index in [1.165, 1.54) is 70.2 Å². The Morgan fingerprint density at radius 1 is 0.321 bits per heavy atom. The molecule has 0 atom stereocenters. The summed E-state index contributed by atoms with van der Waals surface area (Å²) in [6.07, 6.45) is 0. The van der Waals surface area contributed by atoms with Crippen LogP contribution in [-0.4, -0.2) is 15.0 Å². The average molecular weight is 730 g/mol. The van der Waals surface area contributed by atoms with Gasteiger partial charge in [0.05, 0.1) is 5.41 Å². The summed E-state index contributed by atoms with van der Waals surface area (Å²) in [4.78, 5) is 15.5. The first kappa shape index (κ1) is 31.4. The van der Waals surface area contributed by atoms with E-state index in [1.54, 1.807) is 0 Å². The molecule has 2 heterocycles. The maximum absolute atomic E-state index is 5.25. The number of aromatic nitrogens is 3. The first-order chi connectivity index (χ1) is 27.8. The van der Waals surface area contributed by atoms with Crippen LogP contribution in [-0.2, 0) is 5.41 Å². The first-order valence-electron chi connectivity index (χ1n) is 19.0. The normalized spacial score (nSPS) is 13.1. The van der Waals surface area contributed by atoms with Gasteiger partial charge in [-0.25, -0.2) is 15.0 Å². The van der Waals surface area contributed by atoms with Crippen molar-refractivity contribution in [3.05, 3.63) is 210 Å². The van der Waals surface area contributed by atoms with E-state index in [1.807, 2.05) is 29.5 Å². The Hall–Kier alpha value is -7.01. The van der Waals surface area contributed by atoms with Crippen molar-refractivity contribution in [2.24, 2.45) is 0 Å². The molecule has 0 bridgehead atoms. The van der Waals surface area contributed by atoms with Crippen molar-refractivity contribution in [1.82, 2.24) is 15.0 Å². The van der Waals surface area contributed by atoms with Gasteiger partial charge in [0.1, 0.15) is 0 Å². The van der Waals surface area contributed by atoms with Crippen molar-refractivity contribution in [1.29, 1.82) is 0 Å². The van der Waals surface area contributed by atoms with Gasteiger partial charge in [-0.15, -0.1) is 11.3 Å². The summed E-state index contributed by atoms with van der Waals surface area (Å²) in [5, 5.41) is 2.58. The highest BCUT2D eigenvalue weighted by Gasteiger charge is 2.51. The lowest BCUT2D eigenvalue weighted by Crippen LogP contribution is -2.25. The van der Waals surface area contributed by atoms with Crippen LogP contribution in [0.1, 0.15) is 22.3 Å². The third-order valence-corrected chi connectivity index (χ3v) is 13.0. The molecule has 12 rings (SSSR count). The molecule has 0 amide bonds. The lowest BCUT2D eigenvalue weighted by molar-refractivity contribution is 0.794. The predicted octanol–water partition coefficient (Wildman–Crippen LogP) is 13.3. The summed E-state index contributed by atoms with van der Waals surface area (Å²) in [7, 11) is 0. The Kier molecular flexibility index (Phi) is 6.72. The Morgan fingerprint density at radius 2 is 0.804 bits per heavy atom. The van der Waals surface area contributed by atoms with E-state index in [9.17, 15) is 0 Å². The summed E-state index contributed by atoms with van der Waals surface area (Å²) in [6.45, 7) is 0. The van der Waals surface area contributed by atoms with Gasteiger partial charge in [0.2, 0.25) is 0 Å². The molecule has 4 heteroatoms. The van der Waals surface area contributed by atoms with E-state index < -0.39 is 5.41 Å². The van der Waals surface area contributed by atoms with E-state index in [2.05, 4.69) is 170 Å². The minimum absolute atomic E-state index is 0.394. The number of fused-ring (bicyclic) bond motifs is 13. The van der Waals surface area contributed by atoms with E-state index >= 15 is 0 Å². The second kappa shape index (κ2) is 12.0. The maximum atomic E-state index is 5.25. The van der Waals surface area contributed by atoms with Gasteiger partial charge in [0, 0.05) is 36.9 Å². The van der Waals surface area contributed by atoms with E-state index in [0.29, 0.717) is 17.5 Å². The number of benzene rings is 8. The third-order valence-electron chi connectivity index (χ3n) is 11.8. The van der Waals surface area contributed by atoms with Gasteiger partial charge in [-0.05, 0) is 73.8 Å². The van der Waals surface area contributed by atoms with Gasteiger partial charge >= 0.3 is 0 Å². The Labute approximate surface area is 328 Å². The fraction of sp³-hybridized carbons (Fsp3) is 0.0192. The van der Waals surface area contributed by atoms with Crippen LogP contribution in [0.25, 0.3) is 87.7 Å². The summed E-state index contributed by atoms with van der Waals surface area (Å²) >= 11 is 1.85. The molecule has 56 heavy (non-hydrogen) atoms. The zero-order valence-electron chi connectivity index (χ0n) is 30.1. The Morgan fingerprint density at radius 3 is 1.52 bits per heavy atom. The molecular weight excluding hydrogens is 699 g/mol. The van der Waals surface area contributed by atoms with Crippen molar-refractivity contribution < 1.29 is 0 Å². The van der Waals surface area contributed by atoms with E-state index in [4.69, 9.17) is 15.0 Å². The minimum atomic E-state index is -0.394. The Bertz CT molecular complexity index is 3170. The van der Waals surface area contributed by atoms with Crippen molar-refractivity contribution in [2.45, 2.75) is 5.41 Å². The standard InChI is InChI=1S/C52H31N3S/c1-2-14-32(15-3-1)49-53-50(34-17-12-16-33(30-34)36-22-13-23-41-40-21-7-11-27-47(40)56-48(36)41)55-51(54-49)35-28-29-46-42(31-35)39-20-6-10-26-45(39)52(46)43-24-8-4-18-37(43)38-19-5-9-25-44(38)52/h1-31H. The van der Waals surface area contributed by atoms with Crippen LogP contribution in [0.15, 0.2) is 188 Å². The molecule has 2 aliphatic rings. The average Bonchev–Trinajstić information content (AvgIpc) is 3.91. The van der Waals surface area contributed by atoms with Crippen LogP contribution in [0.5, 0.6) is 0 Å². The van der Waals surface area contributed by atoms with Crippen molar-refractivity contribution in [2.75, 3.05) is 0 Å². The molecule has 0 fully saturated rings. The molecule has 2 aromatic heterocycles. The summed E-state index contributed by atoms with van der Waals surface area (Å²) < 4.78 is 2.58. The molecule has 3 nitrogen and oxygen atoms in total. The van der Waals surface area contributed by atoms with Crippen LogP contribution < -0.4 is 0 Å². The topological polar surface area (TPSA) is 38.7 Å². The molecule has 0 saturated heterocycles. The van der Waals surface area contributed by atoms with Crippen LogP contribution in [0, 0.1) is 0 Å². The molecule has 260 valence electrons. The second-order valence-corrected chi connectivity index (χ2v) is 15.7. The van der Waals surface area contributed by atoms with Gasteiger partial charge in [0.15, 0.2) is 17.5 Å². The van der Waals surface area contributed by atoms with Crippen LogP contribution in [0.2, 0.25) is 0 Å². The van der Waals surface area contributed by atoms with Gasteiger partial charge < -0.3 is 0 Å². The molecule has 8 aromatic carbocycles. The van der Waals surface area contributed by atoms with Crippen molar-refractivity contribution in [3.8, 4) is 67.5 Å². The lowest BCUT2D eigenvalue weighted by atomic mass is 9.70. The van der Waals surface area contributed by atoms with E-state index in [0.717, 1.165) is 22.3 Å². The summed E-state index contributed by atoms with van der Waals surface area (Å²) in [5.74, 6) is 1.95. The minimum Gasteiger partial charge on any atom is -0.208 e. The lowest BCUT2D eigenvalue weighted by Gasteiger charge is -2.30. The van der Waals surface area contributed by atoms with Crippen LogP contribution in [0.3, 0.4) is 0 Å². The third kappa shape index (κ3) is 4.42. The van der Waals surface area contributed by atoms with Gasteiger partial charge in [-0.3, -0.25) is 0 Å². The fourth-order valence-electron chi connectivity index (χ4n) is 9.39. The quantitative estimate of drug-likeness (QED) is 0.181. The van der Waals surface area contributed by atoms with Crippen molar-refractivity contribution >= 4 is 31.5 Å². The summed E-state index contributed by atoms with van der Waals surface area (Å²) in [5.41, 5.74) is 15.2. The number of hydrogen-bond acceptors (Lipinski definition) is 4. The molecule has 1 spiro atoms.